The van der Waals surface area contributed by atoms with Crippen LogP contribution in [0.1, 0.15) is 11.4 Å². The van der Waals surface area contributed by atoms with Crippen LogP contribution in [-0.2, 0) is 12.8 Å². The minimum atomic E-state index is 0.287. The molecule has 0 amide bonds. The molecular formula is C14H11Cl2N3. The number of imidazole rings is 1. The van der Waals surface area contributed by atoms with Crippen molar-refractivity contribution >= 4 is 34.4 Å². The van der Waals surface area contributed by atoms with E-state index in [1.165, 1.54) is 5.56 Å². The number of rotatable bonds is 3. The van der Waals surface area contributed by atoms with Crippen LogP contribution in [0.25, 0.3) is 11.2 Å². The van der Waals surface area contributed by atoms with Crippen molar-refractivity contribution in [2.24, 2.45) is 0 Å². The highest BCUT2D eigenvalue weighted by Gasteiger charge is 2.08. The highest BCUT2D eigenvalue weighted by atomic mass is 35.5. The molecule has 96 valence electrons. The SMILES string of the molecule is Clc1cc2[nH]c(CCc3ccccc3)nc2nc1Cl. The third-order valence-corrected chi connectivity index (χ3v) is 3.60. The number of benzene rings is 1. The Morgan fingerprint density at radius 1 is 1.00 bits per heavy atom. The number of halogens is 2. The first-order valence-electron chi connectivity index (χ1n) is 5.97. The van der Waals surface area contributed by atoms with Crippen LogP contribution in [0.4, 0.5) is 0 Å². The maximum atomic E-state index is 5.93. The quantitative estimate of drug-likeness (QED) is 0.740. The largest absolute Gasteiger partial charge is 0.341 e. The topological polar surface area (TPSA) is 41.6 Å². The Labute approximate surface area is 120 Å². The minimum absolute atomic E-state index is 0.287. The molecule has 19 heavy (non-hydrogen) atoms. The van der Waals surface area contributed by atoms with E-state index in [1.54, 1.807) is 6.07 Å². The van der Waals surface area contributed by atoms with Crippen LogP contribution in [0.15, 0.2) is 36.4 Å². The van der Waals surface area contributed by atoms with Crippen molar-refractivity contribution in [2.75, 3.05) is 0 Å². The van der Waals surface area contributed by atoms with Gasteiger partial charge in [-0.15, -0.1) is 0 Å². The maximum Gasteiger partial charge on any atom is 0.179 e. The second-order valence-electron chi connectivity index (χ2n) is 4.30. The van der Waals surface area contributed by atoms with Gasteiger partial charge in [0, 0.05) is 6.42 Å². The monoisotopic (exact) mass is 291 g/mol. The van der Waals surface area contributed by atoms with E-state index in [4.69, 9.17) is 23.2 Å². The third-order valence-electron chi connectivity index (χ3n) is 2.93. The molecule has 0 aliphatic heterocycles. The van der Waals surface area contributed by atoms with Crippen molar-refractivity contribution in [2.45, 2.75) is 12.8 Å². The van der Waals surface area contributed by atoms with Crippen molar-refractivity contribution < 1.29 is 0 Å². The Morgan fingerprint density at radius 3 is 2.58 bits per heavy atom. The third kappa shape index (κ3) is 2.72. The number of hydrogen-bond acceptors (Lipinski definition) is 2. The summed E-state index contributed by atoms with van der Waals surface area (Å²) in [6.07, 6.45) is 1.76. The summed E-state index contributed by atoms with van der Waals surface area (Å²) in [4.78, 5) is 11.8. The molecule has 5 heteroatoms. The summed E-state index contributed by atoms with van der Waals surface area (Å²) in [5, 5.41) is 0.725. The number of aromatic nitrogens is 3. The first kappa shape index (κ1) is 12.5. The van der Waals surface area contributed by atoms with Crippen LogP contribution in [0.2, 0.25) is 10.2 Å². The van der Waals surface area contributed by atoms with Gasteiger partial charge in [-0.25, -0.2) is 9.97 Å². The molecule has 1 aromatic carbocycles. The molecule has 0 spiro atoms. The molecule has 0 fully saturated rings. The van der Waals surface area contributed by atoms with E-state index >= 15 is 0 Å². The number of aryl methyl sites for hydroxylation is 2. The molecule has 3 aromatic rings. The first-order valence-corrected chi connectivity index (χ1v) is 6.72. The van der Waals surface area contributed by atoms with Crippen molar-refractivity contribution in [1.29, 1.82) is 0 Å². The number of nitrogens with zero attached hydrogens (tertiary/aromatic N) is 2. The average molecular weight is 292 g/mol. The zero-order chi connectivity index (χ0) is 13.2. The van der Waals surface area contributed by atoms with E-state index in [1.807, 2.05) is 18.2 Å². The normalized spacial score (nSPS) is 11.1. The number of aromatic amines is 1. The van der Waals surface area contributed by atoms with Crippen LogP contribution in [-0.4, -0.2) is 15.0 Å². The van der Waals surface area contributed by atoms with E-state index in [9.17, 15) is 0 Å². The summed E-state index contributed by atoms with van der Waals surface area (Å²) in [5.74, 6) is 0.893. The van der Waals surface area contributed by atoms with Gasteiger partial charge in [0.25, 0.3) is 0 Å². The molecule has 0 saturated heterocycles. The molecule has 3 rings (SSSR count). The van der Waals surface area contributed by atoms with Gasteiger partial charge in [-0.3, -0.25) is 0 Å². The van der Waals surface area contributed by atoms with E-state index in [0.717, 1.165) is 24.2 Å². The molecule has 2 aromatic heterocycles. The number of H-pyrrole nitrogens is 1. The lowest BCUT2D eigenvalue weighted by molar-refractivity contribution is 0.889. The van der Waals surface area contributed by atoms with E-state index in [2.05, 4.69) is 27.1 Å². The van der Waals surface area contributed by atoms with Gasteiger partial charge in [-0.05, 0) is 18.1 Å². The molecular weight excluding hydrogens is 281 g/mol. The zero-order valence-electron chi connectivity index (χ0n) is 10.0. The lowest BCUT2D eigenvalue weighted by atomic mass is 10.1. The Kier molecular flexibility index (Phi) is 3.40. The predicted molar refractivity (Wildman–Crippen MR) is 77.8 cm³/mol. The lowest BCUT2D eigenvalue weighted by Crippen LogP contribution is -1.92. The Hall–Kier alpha value is -1.58. The van der Waals surface area contributed by atoms with Crippen LogP contribution >= 0.6 is 23.2 Å². The van der Waals surface area contributed by atoms with Gasteiger partial charge in [0.15, 0.2) is 5.65 Å². The number of hydrogen-bond donors (Lipinski definition) is 1. The van der Waals surface area contributed by atoms with Crippen molar-refractivity contribution in [1.82, 2.24) is 15.0 Å². The fourth-order valence-corrected chi connectivity index (χ4v) is 2.26. The standard InChI is InChI=1S/C14H11Cl2N3/c15-10-8-11-14(19-13(10)16)18-12(17-11)7-6-9-4-2-1-3-5-9/h1-5,8H,6-7H2,(H,17,18,19). The second-order valence-corrected chi connectivity index (χ2v) is 5.07. The summed E-state index contributed by atoms with van der Waals surface area (Å²) in [6, 6.07) is 12.1. The van der Waals surface area contributed by atoms with Gasteiger partial charge in [0.2, 0.25) is 0 Å². The molecule has 0 aliphatic carbocycles. The summed E-state index contributed by atoms with van der Waals surface area (Å²) >= 11 is 11.8. The molecule has 0 atom stereocenters. The second kappa shape index (κ2) is 5.19. The molecule has 1 N–H and O–H groups in total. The van der Waals surface area contributed by atoms with E-state index < -0.39 is 0 Å². The van der Waals surface area contributed by atoms with Gasteiger partial charge in [0.1, 0.15) is 11.0 Å². The van der Waals surface area contributed by atoms with Crippen molar-refractivity contribution in [3.05, 3.63) is 58.0 Å². The highest BCUT2D eigenvalue weighted by Crippen LogP contribution is 2.23. The van der Waals surface area contributed by atoms with Gasteiger partial charge in [-0.1, -0.05) is 53.5 Å². The Balaban J connectivity index is 1.82. The summed E-state index contributed by atoms with van der Waals surface area (Å²) in [5.41, 5.74) is 2.71. The molecule has 0 saturated carbocycles. The van der Waals surface area contributed by atoms with Gasteiger partial charge in [0.05, 0.1) is 10.5 Å². The highest BCUT2D eigenvalue weighted by molar-refractivity contribution is 6.41. The van der Waals surface area contributed by atoms with Crippen molar-refractivity contribution in [3.63, 3.8) is 0 Å². The number of nitrogens with one attached hydrogen (secondary N) is 1. The molecule has 0 unspecified atom stereocenters. The van der Waals surface area contributed by atoms with Crippen LogP contribution in [0, 0.1) is 0 Å². The fraction of sp³-hybridized carbons (Fsp3) is 0.143. The summed E-state index contributed by atoms with van der Waals surface area (Å²) in [7, 11) is 0. The van der Waals surface area contributed by atoms with Gasteiger partial charge >= 0.3 is 0 Å². The van der Waals surface area contributed by atoms with E-state index in [-0.39, 0.29) is 5.15 Å². The van der Waals surface area contributed by atoms with Crippen LogP contribution in [0.5, 0.6) is 0 Å². The molecule has 0 radical (unpaired) electrons. The average Bonchev–Trinajstić information content (AvgIpc) is 2.80. The summed E-state index contributed by atoms with van der Waals surface area (Å²) in [6.45, 7) is 0. The molecule has 3 nitrogen and oxygen atoms in total. The van der Waals surface area contributed by atoms with Crippen molar-refractivity contribution in [3.8, 4) is 0 Å². The van der Waals surface area contributed by atoms with Crippen LogP contribution < -0.4 is 0 Å². The van der Waals surface area contributed by atoms with E-state index in [0.29, 0.717) is 10.7 Å². The molecule has 2 heterocycles. The van der Waals surface area contributed by atoms with Crippen LogP contribution in [0.3, 0.4) is 0 Å². The lowest BCUT2D eigenvalue weighted by Gasteiger charge is -1.97. The Bertz CT molecular complexity index is 668. The smallest absolute Gasteiger partial charge is 0.179 e. The zero-order valence-corrected chi connectivity index (χ0v) is 11.5. The van der Waals surface area contributed by atoms with Gasteiger partial charge < -0.3 is 4.98 Å². The predicted octanol–water partition coefficient (Wildman–Crippen LogP) is 4.05. The minimum Gasteiger partial charge on any atom is -0.341 e. The summed E-state index contributed by atoms with van der Waals surface area (Å²) < 4.78 is 0. The maximum absolute atomic E-state index is 5.93. The molecule has 0 aliphatic rings. The van der Waals surface area contributed by atoms with Gasteiger partial charge in [-0.2, -0.15) is 0 Å². The fourth-order valence-electron chi connectivity index (χ4n) is 1.97. The Morgan fingerprint density at radius 2 is 1.79 bits per heavy atom. The number of fused-ring (bicyclic) bond motifs is 1. The first-order chi connectivity index (χ1) is 9.22. The molecule has 0 bridgehead atoms. The number of pyridine rings is 1.